The Morgan fingerprint density at radius 2 is 1.21 bits per heavy atom. The number of rotatable bonds is 6. The van der Waals surface area contributed by atoms with Crippen LogP contribution in [0.3, 0.4) is 0 Å². The predicted molar refractivity (Wildman–Crippen MR) is 186 cm³/mol. The smallest absolute Gasteiger partial charge is 0.340 e. The number of fused-ring (bicyclic) bond motifs is 2. The first-order chi connectivity index (χ1) is 22.6. The number of hydrogen-bond acceptors (Lipinski definition) is 10. The maximum atomic E-state index is 11.9. The number of benzene rings is 4. The van der Waals surface area contributed by atoms with Crippen LogP contribution in [0.1, 0.15) is 20.7 Å². The average Bonchev–Trinajstić information content (AvgIpc) is 3.09. The number of anilines is 4. The van der Waals surface area contributed by atoms with E-state index < -0.39 is 11.9 Å². The Labute approximate surface area is 289 Å². The van der Waals surface area contributed by atoms with Gasteiger partial charge in [-0.3, -0.25) is 0 Å². The molecule has 4 aromatic carbocycles. The van der Waals surface area contributed by atoms with Crippen LogP contribution in [-0.2, 0) is 9.47 Å². The van der Waals surface area contributed by atoms with Gasteiger partial charge < -0.3 is 19.7 Å². The van der Waals surface area contributed by atoms with Crippen molar-refractivity contribution in [1.29, 1.82) is 0 Å². The highest BCUT2D eigenvalue weighted by Gasteiger charge is 2.22. The first kappa shape index (κ1) is 33.6. The molecule has 0 spiro atoms. The third-order valence-electron chi connectivity index (χ3n) is 6.81. The number of methoxy groups -OCH3 is 2. The summed E-state index contributed by atoms with van der Waals surface area (Å²) in [7, 11) is 4.31. The summed E-state index contributed by atoms with van der Waals surface area (Å²) in [4.78, 5) is 42.9. The number of nitrogens with zero attached hydrogens (tertiary/aromatic N) is 5. The summed E-state index contributed by atoms with van der Waals surface area (Å²) >= 11 is 24.7. The second-order valence-corrected chi connectivity index (χ2v) is 11.3. The van der Waals surface area contributed by atoms with Crippen LogP contribution in [0, 0.1) is 0 Å². The fourth-order valence-corrected chi connectivity index (χ4v) is 5.64. The maximum Gasteiger partial charge on any atom is 0.340 e. The molecule has 0 bridgehead atoms. The molecule has 0 amide bonds. The summed E-state index contributed by atoms with van der Waals surface area (Å²) in [5.74, 6) is -0.389. The second kappa shape index (κ2) is 14.8. The number of halogens is 4. The van der Waals surface area contributed by atoms with Gasteiger partial charge >= 0.3 is 11.9 Å². The van der Waals surface area contributed by atoms with Crippen LogP contribution in [0.5, 0.6) is 0 Å². The van der Waals surface area contributed by atoms with E-state index in [1.807, 2.05) is 48.5 Å². The zero-order chi connectivity index (χ0) is 33.7. The number of carbonyl (C=O) groups excluding carboxylic acids is 2. The highest BCUT2D eigenvalue weighted by atomic mass is 35.5. The second-order valence-electron chi connectivity index (χ2n) is 9.69. The van der Waals surface area contributed by atoms with Gasteiger partial charge in [-0.05, 0) is 36.4 Å². The van der Waals surface area contributed by atoms with Crippen molar-refractivity contribution in [3.8, 4) is 0 Å². The predicted octanol–water partition coefficient (Wildman–Crippen LogP) is 8.96. The van der Waals surface area contributed by atoms with Crippen LogP contribution in [0.2, 0.25) is 20.1 Å². The molecule has 0 radical (unpaired) electrons. The van der Waals surface area contributed by atoms with E-state index in [2.05, 4.69) is 25.3 Å². The highest BCUT2D eigenvalue weighted by molar-refractivity contribution is 6.41. The van der Waals surface area contributed by atoms with E-state index in [4.69, 9.17) is 55.9 Å². The van der Waals surface area contributed by atoms with Gasteiger partial charge in [0.15, 0.2) is 0 Å². The van der Waals surface area contributed by atoms with Crippen LogP contribution in [0.25, 0.3) is 21.8 Å². The zero-order valence-electron chi connectivity index (χ0n) is 25.0. The molecule has 1 N–H and O–H groups in total. The quantitative estimate of drug-likeness (QED) is 0.168. The molecule has 0 saturated carbocycles. The summed E-state index contributed by atoms with van der Waals surface area (Å²) < 4.78 is 9.43. The lowest BCUT2D eigenvalue weighted by atomic mass is 10.2. The van der Waals surface area contributed by atoms with E-state index >= 15 is 0 Å². The van der Waals surface area contributed by atoms with Gasteiger partial charge in [-0.15, -0.1) is 0 Å². The number of nitrogens with one attached hydrogen (secondary N) is 1. The van der Waals surface area contributed by atoms with Gasteiger partial charge in [0.05, 0.1) is 67.8 Å². The van der Waals surface area contributed by atoms with Crippen LogP contribution in [-0.4, -0.2) is 53.1 Å². The Morgan fingerprint density at radius 1 is 0.681 bits per heavy atom. The van der Waals surface area contributed by atoms with Crippen molar-refractivity contribution in [1.82, 2.24) is 19.9 Å². The number of ether oxygens (including phenoxy) is 2. The van der Waals surface area contributed by atoms with E-state index in [0.29, 0.717) is 23.3 Å². The van der Waals surface area contributed by atoms with Crippen molar-refractivity contribution in [2.75, 3.05) is 31.5 Å². The van der Waals surface area contributed by atoms with Crippen molar-refractivity contribution in [3.63, 3.8) is 0 Å². The Morgan fingerprint density at radius 3 is 1.83 bits per heavy atom. The summed E-state index contributed by atoms with van der Waals surface area (Å²) in [5.41, 5.74) is 2.84. The number of hydrogen-bond donors (Lipinski definition) is 1. The molecule has 2 aromatic heterocycles. The summed E-state index contributed by atoms with van der Waals surface area (Å²) in [6.07, 6.45) is 3.44. The number of aromatic nitrogens is 4. The first-order valence-corrected chi connectivity index (χ1v) is 15.2. The van der Waals surface area contributed by atoms with Gasteiger partial charge in [0.25, 0.3) is 0 Å². The fourth-order valence-electron chi connectivity index (χ4n) is 4.41. The molecule has 0 aliphatic heterocycles. The Bertz CT molecular complexity index is 2130. The minimum Gasteiger partial charge on any atom is -0.465 e. The monoisotopic (exact) mass is 708 g/mol. The lowest BCUT2D eigenvalue weighted by Gasteiger charge is -2.20. The van der Waals surface area contributed by atoms with E-state index in [1.54, 1.807) is 48.6 Å². The van der Waals surface area contributed by atoms with Crippen molar-refractivity contribution in [2.45, 2.75) is 0 Å². The molecular formula is C33H24Cl4N6O4. The van der Waals surface area contributed by atoms with Gasteiger partial charge in [-0.2, -0.15) is 0 Å². The van der Waals surface area contributed by atoms with Crippen LogP contribution in [0.4, 0.5) is 23.3 Å². The van der Waals surface area contributed by atoms with Gasteiger partial charge in [-0.1, -0.05) is 82.8 Å². The first-order valence-electron chi connectivity index (χ1n) is 13.7. The van der Waals surface area contributed by atoms with Crippen molar-refractivity contribution in [3.05, 3.63) is 116 Å². The third-order valence-corrected chi connectivity index (χ3v) is 8.22. The SMILES string of the molecule is COC(=O)c1c(Cl)ccc(N(C)c2ncc3ccccc3n2)c1Cl.COC(=O)c1c(Cl)ccc(Nc2ncc3ccccc3n2)c1Cl. The van der Waals surface area contributed by atoms with Crippen molar-refractivity contribution >= 4 is 103 Å². The molecule has 6 rings (SSSR count). The highest BCUT2D eigenvalue weighted by Crippen LogP contribution is 2.37. The Kier molecular flexibility index (Phi) is 10.6. The molecule has 0 fully saturated rings. The Hall–Kier alpha value is -4.74. The van der Waals surface area contributed by atoms with Crippen molar-refractivity contribution < 1.29 is 19.1 Å². The maximum absolute atomic E-state index is 11.9. The van der Waals surface area contributed by atoms with Gasteiger partial charge in [0.2, 0.25) is 11.9 Å². The third kappa shape index (κ3) is 7.31. The summed E-state index contributed by atoms with van der Waals surface area (Å²) in [6, 6.07) is 21.8. The lowest BCUT2D eigenvalue weighted by Crippen LogP contribution is -2.15. The molecule has 0 saturated heterocycles. The summed E-state index contributed by atoms with van der Waals surface area (Å²) in [6.45, 7) is 0. The van der Waals surface area contributed by atoms with Gasteiger partial charge in [-0.25, -0.2) is 29.5 Å². The van der Waals surface area contributed by atoms with E-state index in [1.165, 1.54) is 14.2 Å². The molecule has 238 valence electrons. The van der Waals surface area contributed by atoms with E-state index in [-0.39, 0.29) is 31.2 Å². The van der Waals surface area contributed by atoms with Crippen LogP contribution in [0.15, 0.2) is 85.2 Å². The molecule has 14 heteroatoms. The molecule has 6 aromatic rings. The van der Waals surface area contributed by atoms with E-state index in [0.717, 1.165) is 21.8 Å². The minimum absolute atomic E-state index is 0.0987. The average molecular weight is 710 g/mol. The van der Waals surface area contributed by atoms with Crippen molar-refractivity contribution in [2.24, 2.45) is 0 Å². The molecule has 0 unspecified atom stereocenters. The molecule has 0 aliphatic carbocycles. The largest absolute Gasteiger partial charge is 0.465 e. The van der Waals surface area contributed by atoms with Gasteiger partial charge in [0, 0.05) is 30.2 Å². The molecule has 0 atom stereocenters. The molecule has 2 heterocycles. The number of esters is 2. The standard InChI is InChI=1S/C17H13Cl2N3O2.C16H11Cl2N3O2/c1-22(17-20-9-10-5-3-4-6-12(10)21-17)13-8-7-11(18)14(15(13)19)16(23)24-2;1-23-15(22)13-10(17)6-7-12(14(13)18)21-16-19-8-9-4-2-3-5-11(9)20-16/h3-9H,1-2H3;2-8H,1H3,(H,19,20,21). The number of para-hydroxylation sites is 2. The zero-order valence-corrected chi connectivity index (χ0v) is 28.0. The molecule has 0 aliphatic rings. The summed E-state index contributed by atoms with van der Waals surface area (Å²) in [5, 5.41) is 5.64. The van der Waals surface area contributed by atoms with Crippen LogP contribution >= 0.6 is 46.4 Å². The van der Waals surface area contributed by atoms with Crippen LogP contribution < -0.4 is 10.2 Å². The van der Waals surface area contributed by atoms with E-state index in [9.17, 15) is 9.59 Å². The normalized spacial score (nSPS) is 10.6. The number of carbonyl (C=O) groups is 2. The Balaban J connectivity index is 0.000000185. The topological polar surface area (TPSA) is 119 Å². The lowest BCUT2D eigenvalue weighted by molar-refractivity contribution is 0.0592. The van der Waals surface area contributed by atoms with Gasteiger partial charge in [0.1, 0.15) is 0 Å². The molecule has 47 heavy (non-hydrogen) atoms. The molecule has 10 nitrogen and oxygen atoms in total. The minimum atomic E-state index is -0.608. The fraction of sp³-hybridized carbons (Fsp3) is 0.0909. The molecular weight excluding hydrogens is 686 g/mol.